The Morgan fingerprint density at radius 2 is 2.25 bits per heavy atom. The molecule has 16 heavy (non-hydrogen) atoms. The maximum atomic E-state index is 4.21. The fraction of sp³-hybridized carbons (Fsp3) is 0.643. The maximum absolute atomic E-state index is 4.21. The largest absolute Gasteiger partial charge is 0.309 e. The molecule has 2 rings (SSSR count). The average Bonchev–Trinajstić information content (AvgIpc) is 2.96. The van der Waals surface area contributed by atoms with Crippen molar-refractivity contribution >= 4 is 0 Å². The highest BCUT2D eigenvalue weighted by Crippen LogP contribution is 2.37. The van der Waals surface area contributed by atoms with Crippen LogP contribution in [0.1, 0.15) is 38.8 Å². The zero-order chi connectivity index (χ0) is 11.5. The zero-order valence-corrected chi connectivity index (χ0v) is 10.5. The van der Waals surface area contributed by atoms with Crippen LogP contribution in [0, 0.1) is 17.8 Å². The van der Waals surface area contributed by atoms with Crippen LogP contribution >= 0.6 is 0 Å². The lowest BCUT2D eigenvalue weighted by Crippen LogP contribution is -2.28. The quantitative estimate of drug-likeness (QED) is 0.821. The second kappa shape index (κ2) is 4.96. The molecule has 2 nitrogen and oxygen atoms in total. The molecule has 3 atom stereocenters. The molecule has 0 radical (unpaired) electrons. The molecule has 88 valence electrons. The van der Waals surface area contributed by atoms with Gasteiger partial charge in [-0.15, -0.1) is 0 Å². The highest BCUT2D eigenvalue weighted by Gasteiger charge is 2.32. The minimum Gasteiger partial charge on any atom is -0.309 e. The summed E-state index contributed by atoms with van der Waals surface area (Å²) in [6.45, 7) is 8.02. The second-order valence-corrected chi connectivity index (χ2v) is 5.39. The van der Waals surface area contributed by atoms with Gasteiger partial charge in [0.1, 0.15) is 0 Å². The first-order valence-electron chi connectivity index (χ1n) is 6.31. The maximum Gasteiger partial charge on any atom is 0.0358 e. The van der Waals surface area contributed by atoms with Gasteiger partial charge in [-0.05, 0) is 42.3 Å². The van der Waals surface area contributed by atoms with Gasteiger partial charge in [0.2, 0.25) is 0 Å². The molecule has 0 saturated heterocycles. The molecule has 1 saturated carbocycles. The van der Waals surface area contributed by atoms with Gasteiger partial charge in [-0.25, -0.2) is 0 Å². The Hall–Kier alpha value is -0.890. The van der Waals surface area contributed by atoms with Gasteiger partial charge in [0, 0.05) is 18.4 Å². The van der Waals surface area contributed by atoms with Crippen molar-refractivity contribution < 1.29 is 0 Å². The normalized spacial score (nSPS) is 25.8. The third-order valence-electron chi connectivity index (χ3n) is 3.59. The second-order valence-electron chi connectivity index (χ2n) is 5.39. The summed E-state index contributed by atoms with van der Waals surface area (Å²) in [5.74, 6) is 2.44. The van der Waals surface area contributed by atoms with Gasteiger partial charge in [-0.3, -0.25) is 4.98 Å². The molecule has 1 aromatic rings. The van der Waals surface area contributed by atoms with Crippen LogP contribution in [0.4, 0.5) is 0 Å². The molecule has 0 bridgehead atoms. The lowest BCUT2D eigenvalue weighted by Gasteiger charge is -2.22. The molecule has 1 aromatic heterocycles. The zero-order valence-electron chi connectivity index (χ0n) is 10.5. The first kappa shape index (κ1) is 11.6. The number of hydrogen-bond acceptors (Lipinski definition) is 2. The average molecular weight is 218 g/mol. The predicted octanol–water partition coefficient (Wildman–Crippen LogP) is 3.02. The fourth-order valence-electron chi connectivity index (χ4n) is 2.26. The van der Waals surface area contributed by atoms with Gasteiger partial charge < -0.3 is 5.32 Å². The van der Waals surface area contributed by atoms with Crippen LogP contribution in [0.15, 0.2) is 24.5 Å². The van der Waals surface area contributed by atoms with E-state index in [9.17, 15) is 0 Å². The van der Waals surface area contributed by atoms with Gasteiger partial charge in [-0.1, -0.05) is 26.8 Å². The van der Waals surface area contributed by atoms with Crippen molar-refractivity contribution in [1.29, 1.82) is 0 Å². The van der Waals surface area contributed by atoms with Crippen LogP contribution in [0.3, 0.4) is 0 Å². The van der Waals surface area contributed by atoms with Crippen molar-refractivity contribution in [3.8, 4) is 0 Å². The monoisotopic (exact) mass is 218 g/mol. The van der Waals surface area contributed by atoms with E-state index in [1.165, 1.54) is 12.0 Å². The minimum absolute atomic E-state index is 0.446. The van der Waals surface area contributed by atoms with E-state index >= 15 is 0 Å². The summed E-state index contributed by atoms with van der Waals surface area (Å²) in [7, 11) is 0. The third-order valence-corrected chi connectivity index (χ3v) is 3.59. The molecular weight excluding hydrogens is 196 g/mol. The molecule has 1 fully saturated rings. The van der Waals surface area contributed by atoms with E-state index in [0.717, 1.165) is 18.4 Å². The van der Waals surface area contributed by atoms with Crippen molar-refractivity contribution in [2.75, 3.05) is 6.54 Å². The van der Waals surface area contributed by atoms with E-state index < -0.39 is 0 Å². The lowest BCUT2D eigenvalue weighted by atomic mass is 9.97. The summed E-state index contributed by atoms with van der Waals surface area (Å²) in [6, 6.07) is 4.63. The molecular formula is C14H22N2. The van der Waals surface area contributed by atoms with Crippen molar-refractivity contribution in [1.82, 2.24) is 10.3 Å². The Morgan fingerprint density at radius 1 is 1.50 bits per heavy atom. The van der Waals surface area contributed by atoms with Gasteiger partial charge in [0.25, 0.3) is 0 Å². The molecule has 0 aromatic carbocycles. The number of pyridine rings is 1. The van der Waals surface area contributed by atoms with Gasteiger partial charge >= 0.3 is 0 Å². The smallest absolute Gasteiger partial charge is 0.0358 e. The molecule has 0 spiro atoms. The molecule has 1 N–H and O–H groups in total. The number of nitrogens with zero attached hydrogens (tertiary/aromatic N) is 1. The van der Waals surface area contributed by atoms with Gasteiger partial charge in [-0.2, -0.15) is 0 Å². The highest BCUT2D eigenvalue weighted by molar-refractivity contribution is 5.14. The summed E-state index contributed by atoms with van der Waals surface area (Å²) in [4.78, 5) is 4.21. The summed E-state index contributed by atoms with van der Waals surface area (Å²) >= 11 is 0. The van der Waals surface area contributed by atoms with Crippen molar-refractivity contribution in [2.24, 2.45) is 17.8 Å². The van der Waals surface area contributed by atoms with Crippen LogP contribution in [-0.2, 0) is 0 Å². The minimum atomic E-state index is 0.446. The van der Waals surface area contributed by atoms with Crippen molar-refractivity contribution in [3.63, 3.8) is 0 Å². The lowest BCUT2D eigenvalue weighted by molar-refractivity contribution is 0.400. The molecule has 1 aliphatic carbocycles. The van der Waals surface area contributed by atoms with Gasteiger partial charge in [0.05, 0.1) is 0 Å². The topological polar surface area (TPSA) is 24.9 Å². The molecule has 1 heterocycles. The molecule has 1 aliphatic rings. The Morgan fingerprint density at radius 3 is 2.75 bits per heavy atom. The molecule has 0 aliphatic heterocycles. The Labute approximate surface area is 98.5 Å². The third kappa shape index (κ3) is 2.82. The first-order valence-corrected chi connectivity index (χ1v) is 6.31. The highest BCUT2D eigenvalue weighted by atomic mass is 14.9. The molecule has 3 unspecified atom stereocenters. The van der Waals surface area contributed by atoms with E-state index in [1.807, 2.05) is 18.5 Å². The summed E-state index contributed by atoms with van der Waals surface area (Å²) in [5, 5.41) is 3.69. The van der Waals surface area contributed by atoms with E-state index in [4.69, 9.17) is 0 Å². The van der Waals surface area contributed by atoms with Crippen LogP contribution in [-0.4, -0.2) is 11.5 Å². The van der Waals surface area contributed by atoms with Crippen LogP contribution in [0.25, 0.3) is 0 Å². The number of hydrogen-bond donors (Lipinski definition) is 1. The van der Waals surface area contributed by atoms with Crippen LogP contribution < -0.4 is 5.32 Å². The molecule has 2 heteroatoms. The van der Waals surface area contributed by atoms with E-state index in [0.29, 0.717) is 12.0 Å². The van der Waals surface area contributed by atoms with Crippen LogP contribution in [0.5, 0.6) is 0 Å². The number of rotatable bonds is 5. The number of nitrogens with one attached hydrogen (secondary N) is 1. The molecule has 0 amide bonds. The first-order chi connectivity index (χ1) is 7.68. The van der Waals surface area contributed by atoms with Crippen LogP contribution in [0.2, 0.25) is 0 Å². The summed E-state index contributed by atoms with van der Waals surface area (Å²) in [6.07, 6.45) is 5.21. The Kier molecular flexibility index (Phi) is 3.59. The Bertz CT molecular complexity index is 321. The van der Waals surface area contributed by atoms with Crippen molar-refractivity contribution in [2.45, 2.75) is 33.2 Å². The van der Waals surface area contributed by atoms with E-state index in [2.05, 4.69) is 37.1 Å². The Balaban J connectivity index is 1.95. The predicted molar refractivity (Wildman–Crippen MR) is 67.1 cm³/mol. The number of aromatic nitrogens is 1. The van der Waals surface area contributed by atoms with E-state index in [-0.39, 0.29) is 0 Å². The van der Waals surface area contributed by atoms with Gasteiger partial charge in [0.15, 0.2) is 0 Å². The summed E-state index contributed by atoms with van der Waals surface area (Å²) < 4.78 is 0. The van der Waals surface area contributed by atoms with E-state index in [1.54, 1.807) is 0 Å². The fourth-order valence-corrected chi connectivity index (χ4v) is 2.26. The summed E-state index contributed by atoms with van der Waals surface area (Å²) in [5.41, 5.74) is 1.31. The van der Waals surface area contributed by atoms with Crippen molar-refractivity contribution in [3.05, 3.63) is 30.1 Å². The SMILES string of the molecule is CC(C)C(NCC1CC1C)c1cccnc1. The standard InChI is InChI=1S/C14H22N2/c1-10(2)14(12-5-4-6-15-8-12)16-9-13-7-11(13)3/h4-6,8,10-11,13-14,16H,7,9H2,1-3H3.